The van der Waals surface area contributed by atoms with E-state index >= 15 is 0 Å². The Bertz CT molecular complexity index is 193. The van der Waals surface area contributed by atoms with Crippen LogP contribution in [0.1, 0.15) is 6.92 Å². The first-order chi connectivity index (χ1) is 5.24. The molecule has 0 saturated carbocycles. The van der Waals surface area contributed by atoms with Crippen molar-refractivity contribution in [2.45, 2.75) is 13.0 Å². The van der Waals surface area contributed by atoms with E-state index in [9.17, 15) is 0 Å². The molecule has 0 aliphatic heterocycles. The zero-order valence-electron chi connectivity index (χ0n) is 7.06. The van der Waals surface area contributed by atoms with Gasteiger partial charge in [-0.3, -0.25) is 0 Å². The van der Waals surface area contributed by atoms with Crippen LogP contribution in [0.3, 0.4) is 0 Å². The van der Waals surface area contributed by atoms with E-state index in [1.807, 2.05) is 24.0 Å². The Hall–Kier alpha value is -1.00. The lowest BCUT2D eigenvalue weighted by Gasteiger charge is -2.14. The van der Waals surface area contributed by atoms with Crippen LogP contribution in [0.25, 0.3) is 0 Å². The molecular weight excluding hydrogens is 148 g/mol. The molecule has 0 rings (SSSR count). The number of rotatable bonds is 4. The van der Waals surface area contributed by atoms with E-state index < -0.39 is 8.07 Å². The fourth-order valence-electron chi connectivity index (χ4n) is 0.708. The normalized spacial score (nSPS) is 9.18. The van der Waals surface area contributed by atoms with E-state index in [0.717, 1.165) is 6.04 Å². The van der Waals surface area contributed by atoms with Gasteiger partial charge in [0.1, 0.15) is 8.07 Å². The van der Waals surface area contributed by atoms with Crippen LogP contribution < -0.4 is 0 Å². The van der Waals surface area contributed by atoms with Gasteiger partial charge in [0.2, 0.25) is 0 Å². The summed E-state index contributed by atoms with van der Waals surface area (Å²) in [7, 11) is -1.62. The van der Waals surface area contributed by atoms with E-state index in [1.165, 1.54) is 0 Å². The largest absolute Gasteiger partial charge is 0.136 e. The Morgan fingerprint density at radius 1 is 1.18 bits per heavy atom. The summed E-state index contributed by atoms with van der Waals surface area (Å²) in [6, 6.07) is 0.861. The molecule has 0 nitrogen and oxygen atoms in total. The molecule has 58 valence electrons. The Labute approximate surface area is 70.3 Å². The molecule has 0 atom stereocenters. The van der Waals surface area contributed by atoms with E-state index in [4.69, 9.17) is 0 Å². The minimum Gasteiger partial charge on any atom is -0.107 e. The van der Waals surface area contributed by atoms with Crippen molar-refractivity contribution in [3.05, 3.63) is 36.8 Å². The number of hydrogen-bond donors (Lipinski definition) is 0. The fourth-order valence-corrected chi connectivity index (χ4v) is 2.12. The second kappa shape index (κ2) is 4.76. The van der Waals surface area contributed by atoms with Gasteiger partial charge in [0.05, 0.1) is 0 Å². The van der Waals surface area contributed by atoms with Gasteiger partial charge in [-0.2, -0.15) is 0 Å². The lowest BCUT2D eigenvalue weighted by atomic mass is 10.7. The van der Waals surface area contributed by atoms with E-state index in [2.05, 4.69) is 31.6 Å². The topological polar surface area (TPSA) is 0 Å². The monoisotopic (exact) mass is 162 g/mol. The highest BCUT2D eigenvalue weighted by atomic mass is 28.3. The van der Waals surface area contributed by atoms with Crippen molar-refractivity contribution in [2.24, 2.45) is 0 Å². The summed E-state index contributed by atoms with van der Waals surface area (Å²) in [5.74, 6) is 5.91. The lowest BCUT2D eigenvalue weighted by molar-refractivity contribution is 1.69. The molecule has 0 saturated heterocycles. The average Bonchev–Trinajstić information content (AvgIpc) is 2.08. The van der Waals surface area contributed by atoms with Crippen molar-refractivity contribution in [2.75, 3.05) is 0 Å². The Kier molecular flexibility index (Phi) is 4.32. The first-order valence-corrected chi connectivity index (χ1v) is 5.99. The Morgan fingerprint density at radius 3 is 1.91 bits per heavy atom. The molecule has 0 heterocycles. The maximum atomic E-state index is 3.78. The SMILES string of the molecule is C=C[Si](C=C)(C=C)CC#CC. The molecule has 0 aliphatic rings. The summed E-state index contributed by atoms with van der Waals surface area (Å²) in [6.07, 6.45) is 0. The second-order valence-corrected chi connectivity index (χ2v) is 6.13. The van der Waals surface area contributed by atoms with Crippen LogP contribution in [0, 0.1) is 11.8 Å². The van der Waals surface area contributed by atoms with Gasteiger partial charge in [-0.1, -0.05) is 17.1 Å². The summed E-state index contributed by atoms with van der Waals surface area (Å²) in [4.78, 5) is 0. The predicted molar refractivity (Wildman–Crippen MR) is 54.6 cm³/mol. The van der Waals surface area contributed by atoms with Gasteiger partial charge in [-0.25, -0.2) is 0 Å². The lowest BCUT2D eigenvalue weighted by Crippen LogP contribution is -2.25. The Balaban J connectivity index is 4.49. The van der Waals surface area contributed by atoms with Crippen molar-refractivity contribution in [1.29, 1.82) is 0 Å². The van der Waals surface area contributed by atoms with E-state index in [0.29, 0.717) is 0 Å². The highest BCUT2D eigenvalue weighted by molar-refractivity contribution is 6.93. The molecule has 0 unspecified atom stereocenters. The molecule has 0 spiro atoms. The predicted octanol–water partition coefficient (Wildman–Crippen LogP) is 2.63. The molecule has 11 heavy (non-hydrogen) atoms. The molecule has 0 amide bonds. The molecule has 1 heteroatoms. The van der Waals surface area contributed by atoms with Crippen LogP contribution >= 0.6 is 0 Å². The standard InChI is InChI=1S/C10H14Si/c1-5-9-10-11(6-2,7-3)8-4/h6-8H,2-4,10H2,1H3. The third-order valence-electron chi connectivity index (χ3n) is 1.71. The average molecular weight is 162 g/mol. The van der Waals surface area contributed by atoms with Crippen LogP contribution in [0.4, 0.5) is 0 Å². The fraction of sp³-hybridized carbons (Fsp3) is 0.200. The molecule has 0 N–H and O–H groups in total. The van der Waals surface area contributed by atoms with E-state index in [-0.39, 0.29) is 0 Å². The molecule has 0 aromatic heterocycles. The molecule has 0 aromatic carbocycles. The van der Waals surface area contributed by atoms with Crippen molar-refractivity contribution < 1.29 is 0 Å². The summed E-state index contributed by atoms with van der Waals surface area (Å²) < 4.78 is 0. The van der Waals surface area contributed by atoms with Crippen LogP contribution in [0.15, 0.2) is 36.8 Å². The van der Waals surface area contributed by atoms with Gasteiger partial charge in [0.25, 0.3) is 0 Å². The van der Waals surface area contributed by atoms with Crippen LogP contribution in [-0.2, 0) is 0 Å². The van der Waals surface area contributed by atoms with Gasteiger partial charge in [-0.05, 0) is 6.92 Å². The first-order valence-electron chi connectivity index (χ1n) is 3.55. The molecular formula is C10H14Si. The maximum Gasteiger partial charge on any atom is 0.136 e. The zero-order chi connectivity index (χ0) is 8.74. The van der Waals surface area contributed by atoms with Gasteiger partial charge in [-0.15, -0.1) is 31.6 Å². The van der Waals surface area contributed by atoms with Gasteiger partial charge < -0.3 is 0 Å². The molecule has 0 aliphatic carbocycles. The van der Waals surface area contributed by atoms with Crippen molar-refractivity contribution in [3.63, 3.8) is 0 Å². The van der Waals surface area contributed by atoms with Crippen LogP contribution in [0.2, 0.25) is 6.04 Å². The van der Waals surface area contributed by atoms with Crippen molar-refractivity contribution >= 4 is 8.07 Å². The molecule has 0 aromatic rings. The van der Waals surface area contributed by atoms with Gasteiger partial charge in [0, 0.05) is 6.04 Å². The number of hydrogen-bond acceptors (Lipinski definition) is 0. The maximum absolute atomic E-state index is 3.78. The molecule has 0 radical (unpaired) electrons. The third-order valence-corrected chi connectivity index (χ3v) is 4.78. The third kappa shape index (κ3) is 2.61. The highest BCUT2D eigenvalue weighted by Crippen LogP contribution is 2.12. The van der Waals surface area contributed by atoms with Gasteiger partial charge in [0.15, 0.2) is 0 Å². The van der Waals surface area contributed by atoms with Crippen LogP contribution in [0.5, 0.6) is 0 Å². The summed E-state index contributed by atoms with van der Waals surface area (Å²) >= 11 is 0. The second-order valence-electron chi connectivity index (χ2n) is 2.33. The summed E-state index contributed by atoms with van der Waals surface area (Å²) in [5.41, 5.74) is 5.87. The van der Waals surface area contributed by atoms with Crippen LogP contribution in [-0.4, -0.2) is 8.07 Å². The first kappa shape index (κ1) is 10.00. The zero-order valence-corrected chi connectivity index (χ0v) is 8.06. The molecule has 0 bridgehead atoms. The van der Waals surface area contributed by atoms with Crippen molar-refractivity contribution in [3.8, 4) is 11.8 Å². The van der Waals surface area contributed by atoms with E-state index in [1.54, 1.807) is 0 Å². The minimum absolute atomic E-state index is 0.861. The summed E-state index contributed by atoms with van der Waals surface area (Å²) in [5, 5.41) is 0. The van der Waals surface area contributed by atoms with Crippen molar-refractivity contribution in [1.82, 2.24) is 0 Å². The Morgan fingerprint density at radius 2 is 1.64 bits per heavy atom. The minimum atomic E-state index is -1.62. The molecule has 0 fully saturated rings. The quantitative estimate of drug-likeness (QED) is 0.440. The van der Waals surface area contributed by atoms with Gasteiger partial charge >= 0.3 is 0 Å². The smallest absolute Gasteiger partial charge is 0.107 e. The highest BCUT2D eigenvalue weighted by Gasteiger charge is 2.19. The summed E-state index contributed by atoms with van der Waals surface area (Å²) in [6.45, 7) is 13.2.